The van der Waals surface area contributed by atoms with E-state index in [1.54, 1.807) is 18.4 Å². The fraction of sp³-hybridized carbons (Fsp3) is 0.375. The molecule has 0 saturated carbocycles. The summed E-state index contributed by atoms with van der Waals surface area (Å²) in [6, 6.07) is 10.3. The minimum absolute atomic E-state index is 0.102. The highest BCUT2D eigenvalue weighted by Gasteiger charge is 2.38. The fourth-order valence-corrected chi connectivity index (χ4v) is 5.71. The van der Waals surface area contributed by atoms with Crippen molar-refractivity contribution in [2.75, 3.05) is 19.4 Å². The highest BCUT2D eigenvalue weighted by molar-refractivity contribution is 7.13. The number of anilines is 1. The Hall–Kier alpha value is -2.73. The number of amides is 1. The Balaban J connectivity index is 1.71. The van der Waals surface area contributed by atoms with E-state index in [0.717, 1.165) is 54.9 Å². The molecule has 0 bridgehead atoms. The van der Waals surface area contributed by atoms with Crippen molar-refractivity contribution < 1.29 is 9.53 Å². The van der Waals surface area contributed by atoms with Gasteiger partial charge in [-0.1, -0.05) is 6.07 Å². The number of nitrogens with two attached hydrogens (primary N) is 1. The van der Waals surface area contributed by atoms with Gasteiger partial charge in [-0.2, -0.15) is 0 Å². The van der Waals surface area contributed by atoms with Gasteiger partial charge in [0.2, 0.25) is 0 Å². The number of hydrogen-bond donors (Lipinski definition) is 1. The number of nitrogens with zero attached hydrogens (tertiary/aromatic N) is 2. The number of rotatable bonds is 3. The van der Waals surface area contributed by atoms with Gasteiger partial charge < -0.3 is 19.9 Å². The third kappa shape index (κ3) is 2.85. The van der Waals surface area contributed by atoms with Gasteiger partial charge >= 0.3 is 0 Å². The van der Waals surface area contributed by atoms with Gasteiger partial charge in [0.05, 0.1) is 18.5 Å². The quantitative estimate of drug-likeness (QED) is 0.603. The number of aryl methyl sites for hydroxylation is 1. The molecule has 30 heavy (non-hydrogen) atoms. The predicted molar refractivity (Wildman–Crippen MR) is 122 cm³/mol. The van der Waals surface area contributed by atoms with Gasteiger partial charge in [-0.15, -0.1) is 11.3 Å². The molecule has 1 amide bonds. The van der Waals surface area contributed by atoms with Crippen LogP contribution in [0.4, 0.5) is 5.69 Å². The van der Waals surface area contributed by atoms with Gasteiger partial charge in [0.1, 0.15) is 11.4 Å². The number of carbonyl (C=O) groups is 1. The maximum Gasteiger partial charge on any atom is 0.270 e. The van der Waals surface area contributed by atoms with Crippen LogP contribution in [0.25, 0.3) is 21.7 Å². The first-order valence-corrected chi connectivity index (χ1v) is 11.3. The van der Waals surface area contributed by atoms with E-state index in [-0.39, 0.29) is 11.4 Å². The molecule has 2 aliphatic heterocycles. The zero-order valence-electron chi connectivity index (χ0n) is 17.7. The van der Waals surface area contributed by atoms with E-state index in [2.05, 4.69) is 42.0 Å². The van der Waals surface area contributed by atoms with Crippen molar-refractivity contribution in [2.45, 2.75) is 45.2 Å². The zero-order valence-corrected chi connectivity index (χ0v) is 18.5. The standard InChI is InChI=1S/C24H27N3O2S/c1-24(2)8-5-9-27(24)23(28)19-14-17(21-6-4-11-30-21)22-16-13-18(25)20(29-3)12-15(16)7-10-26(19)22/h4,6,11-14H,5,7-10,25H2,1-3H3. The van der Waals surface area contributed by atoms with E-state index in [1.807, 2.05) is 17.0 Å². The van der Waals surface area contributed by atoms with Crippen molar-refractivity contribution in [3.63, 3.8) is 0 Å². The Bertz CT molecular complexity index is 1130. The van der Waals surface area contributed by atoms with Gasteiger partial charge in [0.15, 0.2) is 0 Å². The number of carbonyl (C=O) groups excluding carboxylic acids is 1. The Morgan fingerprint density at radius 2 is 2.03 bits per heavy atom. The molecule has 0 aliphatic carbocycles. The molecular weight excluding hydrogens is 394 g/mol. The van der Waals surface area contributed by atoms with Gasteiger partial charge in [-0.25, -0.2) is 0 Å². The molecule has 2 N–H and O–H groups in total. The van der Waals surface area contributed by atoms with Crippen LogP contribution in [0.1, 0.15) is 42.7 Å². The maximum absolute atomic E-state index is 13.7. The fourth-order valence-electron chi connectivity index (χ4n) is 4.97. The van der Waals surface area contributed by atoms with E-state index in [9.17, 15) is 4.79 Å². The first-order valence-electron chi connectivity index (χ1n) is 10.5. The molecule has 0 atom stereocenters. The number of methoxy groups -OCH3 is 1. The summed E-state index contributed by atoms with van der Waals surface area (Å²) in [7, 11) is 1.65. The molecule has 0 spiro atoms. The monoisotopic (exact) mass is 421 g/mol. The van der Waals surface area contributed by atoms with Crippen LogP contribution >= 0.6 is 11.3 Å². The van der Waals surface area contributed by atoms with Crippen LogP contribution in [0.5, 0.6) is 5.75 Å². The number of nitrogen functional groups attached to an aromatic ring is 1. The number of fused-ring (bicyclic) bond motifs is 3. The maximum atomic E-state index is 13.7. The van der Waals surface area contributed by atoms with Crippen molar-refractivity contribution >= 4 is 22.9 Å². The lowest BCUT2D eigenvalue weighted by atomic mass is 9.95. The van der Waals surface area contributed by atoms with Crippen LogP contribution in [0.3, 0.4) is 0 Å². The number of thiophene rings is 1. The average molecular weight is 422 g/mol. The van der Waals surface area contributed by atoms with Crippen LogP contribution in [-0.2, 0) is 13.0 Å². The van der Waals surface area contributed by atoms with Crippen LogP contribution in [0.15, 0.2) is 35.7 Å². The lowest BCUT2D eigenvalue weighted by Gasteiger charge is -2.32. The van der Waals surface area contributed by atoms with Gasteiger partial charge in [0.25, 0.3) is 5.91 Å². The topological polar surface area (TPSA) is 60.5 Å². The SMILES string of the molecule is COc1cc2c(cc1N)-c1c(-c3cccs3)cc(C(=O)N3CCCC3(C)C)n1CC2. The Kier molecular flexibility index (Phi) is 4.43. The molecule has 4 heterocycles. The van der Waals surface area contributed by atoms with E-state index < -0.39 is 0 Å². The minimum Gasteiger partial charge on any atom is -0.495 e. The van der Waals surface area contributed by atoms with Crippen molar-refractivity contribution in [1.82, 2.24) is 9.47 Å². The first kappa shape index (κ1) is 19.2. The molecular formula is C24H27N3O2S. The molecule has 1 aromatic carbocycles. The second-order valence-electron chi connectivity index (χ2n) is 8.79. The molecule has 156 valence electrons. The van der Waals surface area contributed by atoms with Crippen molar-refractivity contribution in [1.29, 1.82) is 0 Å². The minimum atomic E-state index is -0.102. The number of likely N-dealkylation sites (tertiary alicyclic amines) is 1. The summed E-state index contributed by atoms with van der Waals surface area (Å²) < 4.78 is 7.65. The Labute approximate surface area is 181 Å². The van der Waals surface area contributed by atoms with E-state index in [0.29, 0.717) is 11.4 Å². The molecule has 1 saturated heterocycles. The molecule has 6 heteroatoms. The Morgan fingerprint density at radius 1 is 1.20 bits per heavy atom. The lowest BCUT2D eigenvalue weighted by molar-refractivity contribution is 0.0640. The second-order valence-corrected chi connectivity index (χ2v) is 9.74. The highest BCUT2D eigenvalue weighted by atomic mass is 32.1. The second kappa shape index (κ2) is 6.91. The molecule has 0 unspecified atom stereocenters. The zero-order chi connectivity index (χ0) is 21.0. The summed E-state index contributed by atoms with van der Waals surface area (Å²) in [4.78, 5) is 16.9. The molecule has 2 aromatic heterocycles. The molecule has 0 radical (unpaired) electrons. The van der Waals surface area contributed by atoms with Crippen LogP contribution in [-0.4, -0.2) is 34.6 Å². The van der Waals surface area contributed by atoms with Crippen molar-refractivity contribution in [3.8, 4) is 27.4 Å². The summed E-state index contributed by atoms with van der Waals surface area (Å²) in [5.74, 6) is 0.841. The molecule has 5 rings (SSSR count). The van der Waals surface area contributed by atoms with Crippen molar-refractivity contribution in [2.24, 2.45) is 0 Å². The third-order valence-corrected chi connectivity index (χ3v) is 7.47. The highest BCUT2D eigenvalue weighted by Crippen LogP contribution is 2.44. The lowest BCUT2D eigenvalue weighted by Crippen LogP contribution is -2.43. The summed E-state index contributed by atoms with van der Waals surface area (Å²) >= 11 is 1.70. The number of ether oxygens (including phenoxy) is 1. The largest absolute Gasteiger partial charge is 0.495 e. The van der Waals surface area contributed by atoms with Crippen LogP contribution in [0.2, 0.25) is 0 Å². The smallest absolute Gasteiger partial charge is 0.270 e. The van der Waals surface area contributed by atoms with E-state index in [1.165, 1.54) is 10.4 Å². The summed E-state index contributed by atoms with van der Waals surface area (Å²) in [6.07, 6.45) is 2.95. The van der Waals surface area contributed by atoms with E-state index in [4.69, 9.17) is 10.5 Å². The van der Waals surface area contributed by atoms with Crippen LogP contribution < -0.4 is 10.5 Å². The Morgan fingerprint density at radius 3 is 2.70 bits per heavy atom. The normalized spacial score (nSPS) is 17.0. The third-order valence-electron chi connectivity index (χ3n) is 6.56. The van der Waals surface area contributed by atoms with Gasteiger partial charge in [-0.3, -0.25) is 4.79 Å². The summed E-state index contributed by atoms with van der Waals surface area (Å²) in [5.41, 5.74) is 12.1. The van der Waals surface area contributed by atoms with Crippen LogP contribution in [0, 0.1) is 0 Å². The summed E-state index contributed by atoms with van der Waals surface area (Å²) in [6.45, 7) is 5.93. The molecule has 1 fully saturated rings. The van der Waals surface area contributed by atoms with Crippen molar-refractivity contribution in [3.05, 3.63) is 47.0 Å². The molecule has 5 nitrogen and oxygen atoms in total. The number of hydrogen-bond acceptors (Lipinski definition) is 4. The van der Waals surface area contributed by atoms with Gasteiger partial charge in [-0.05, 0) is 68.3 Å². The molecule has 2 aliphatic rings. The number of benzene rings is 1. The summed E-state index contributed by atoms with van der Waals surface area (Å²) in [5, 5.41) is 2.08. The molecule has 3 aromatic rings. The van der Waals surface area contributed by atoms with E-state index >= 15 is 0 Å². The first-order chi connectivity index (χ1) is 14.4. The predicted octanol–water partition coefficient (Wildman–Crippen LogP) is 5.05. The average Bonchev–Trinajstić information content (AvgIpc) is 3.44. The number of aromatic nitrogens is 1. The van der Waals surface area contributed by atoms with Gasteiger partial charge in [0, 0.05) is 34.6 Å².